The third kappa shape index (κ3) is 1.80. The van der Waals surface area contributed by atoms with E-state index in [9.17, 15) is 13.5 Å². The molecule has 1 aromatic rings. The summed E-state index contributed by atoms with van der Waals surface area (Å²) in [6.07, 6.45) is -0.332. The number of fused-ring (bicyclic) bond motifs is 1. The minimum absolute atomic E-state index is 0.237. The van der Waals surface area contributed by atoms with Crippen LogP contribution in [0.4, 0.5) is 0 Å². The minimum Gasteiger partial charge on any atom is -0.393 e. The first-order valence-corrected chi connectivity index (χ1v) is 6.06. The quantitative estimate of drug-likeness (QED) is 0.814. The standard InChI is InChI=1S/C10H11NO3S/c1-7(12)6-9-8-4-2-3-5-10(8)15(13,14)11-9/h2-5,7,12H,6H2,1H3. The summed E-state index contributed by atoms with van der Waals surface area (Å²) >= 11 is 0. The highest BCUT2D eigenvalue weighted by Crippen LogP contribution is 2.27. The summed E-state index contributed by atoms with van der Waals surface area (Å²) in [7, 11) is -3.52. The molecular weight excluding hydrogens is 214 g/mol. The predicted molar refractivity (Wildman–Crippen MR) is 56.5 cm³/mol. The molecule has 5 heteroatoms. The van der Waals surface area contributed by atoms with Gasteiger partial charge >= 0.3 is 0 Å². The summed E-state index contributed by atoms with van der Waals surface area (Å²) in [6, 6.07) is 6.67. The third-order valence-electron chi connectivity index (χ3n) is 2.20. The van der Waals surface area contributed by atoms with E-state index in [0.29, 0.717) is 11.3 Å². The molecule has 1 unspecified atom stereocenters. The Kier molecular flexibility index (Phi) is 2.36. The molecule has 0 bridgehead atoms. The molecule has 0 fully saturated rings. The van der Waals surface area contributed by atoms with Crippen molar-refractivity contribution in [1.82, 2.24) is 0 Å². The lowest BCUT2D eigenvalue weighted by atomic mass is 10.1. The molecule has 80 valence electrons. The van der Waals surface area contributed by atoms with Crippen molar-refractivity contribution in [3.8, 4) is 0 Å². The van der Waals surface area contributed by atoms with E-state index < -0.39 is 16.1 Å². The molecule has 1 aromatic carbocycles. The molecule has 1 aliphatic rings. The van der Waals surface area contributed by atoms with Crippen LogP contribution in [0.5, 0.6) is 0 Å². The molecule has 2 rings (SSSR count). The zero-order chi connectivity index (χ0) is 11.1. The summed E-state index contributed by atoms with van der Waals surface area (Å²) in [5, 5.41) is 9.23. The molecular formula is C10H11NO3S. The normalized spacial score (nSPS) is 19.5. The van der Waals surface area contributed by atoms with Gasteiger partial charge in [0.2, 0.25) is 0 Å². The zero-order valence-electron chi connectivity index (χ0n) is 8.21. The van der Waals surface area contributed by atoms with Crippen molar-refractivity contribution in [3.63, 3.8) is 0 Å². The van der Waals surface area contributed by atoms with Gasteiger partial charge in [-0.2, -0.15) is 12.8 Å². The second-order valence-electron chi connectivity index (χ2n) is 3.56. The zero-order valence-corrected chi connectivity index (χ0v) is 9.03. The lowest BCUT2D eigenvalue weighted by Crippen LogP contribution is -2.08. The molecule has 0 saturated heterocycles. The Balaban J connectivity index is 2.54. The smallest absolute Gasteiger partial charge is 0.283 e. The molecule has 0 amide bonds. The highest BCUT2D eigenvalue weighted by molar-refractivity contribution is 7.90. The molecule has 0 spiro atoms. The fourth-order valence-corrected chi connectivity index (χ4v) is 2.88. The van der Waals surface area contributed by atoms with Crippen LogP contribution in [0.15, 0.2) is 33.6 Å². The average molecular weight is 225 g/mol. The van der Waals surface area contributed by atoms with Gasteiger partial charge in [0.05, 0.1) is 16.7 Å². The monoisotopic (exact) mass is 225 g/mol. The molecule has 1 aliphatic heterocycles. The van der Waals surface area contributed by atoms with Crippen LogP contribution in [0, 0.1) is 0 Å². The SMILES string of the molecule is CC(O)CC1=NS(=O)(=O)c2ccccc21. The number of rotatable bonds is 2. The van der Waals surface area contributed by atoms with Crippen molar-refractivity contribution in [1.29, 1.82) is 0 Å². The fraction of sp³-hybridized carbons (Fsp3) is 0.300. The molecule has 1 atom stereocenters. The number of sulfonamides is 1. The van der Waals surface area contributed by atoms with Gasteiger partial charge < -0.3 is 5.11 Å². The van der Waals surface area contributed by atoms with Crippen LogP contribution in [0.2, 0.25) is 0 Å². The number of benzene rings is 1. The molecule has 0 aliphatic carbocycles. The van der Waals surface area contributed by atoms with Gasteiger partial charge in [0, 0.05) is 12.0 Å². The number of hydrogen-bond donors (Lipinski definition) is 1. The summed E-state index contributed by atoms with van der Waals surface area (Å²) in [5.41, 5.74) is 1.05. The van der Waals surface area contributed by atoms with Crippen LogP contribution >= 0.6 is 0 Å². The highest BCUT2D eigenvalue weighted by Gasteiger charge is 2.28. The summed E-state index contributed by atoms with van der Waals surface area (Å²) in [4.78, 5) is 0.237. The summed E-state index contributed by atoms with van der Waals surface area (Å²) in [6.45, 7) is 1.61. The number of hydrogen-bond acceptors (Lipinski definition) is 3. The summed E-state index contributed by atoms with van der Waals surface area (Å²) in [5.74, 6) is 0. The highest BCUT2D eigenvalue weighted by atomic mass is 32.2. The second-order valence-corrected chi connectivity index (χ2v) is 5.13. The van der Waals surface area contributed by atoms with Crippen molar-refractivity contribution >= 4 is 15.7 Å². The van der Waals surface area contributed by atoms with E-state index in [1.54, 1.807) is 25.1 Å². The van der Waals surface area contributed by atoms with E-state index in [1.165, 1.54) is 6.07 Å². The van der Waals surface area contributed by atoms with Crippen LogP contribution in [0.25, 0.3) is 0 Å². The van der Waals surface area contributed by atoms with E-state index >= 15 is 0 Å². The first-order valence-electron chi connectivity index (χ1n) is 4.62. The Bertz CT molecular complexity index is 517. The van der Waals surface area contributed by atoms with Gasteiger partial charge in [-0.25, -0.2) is 0 Å². The van der Waals surface area contributed by atoms with Crippen molar-refractivity contribution in [2.24, 2.45) is 4.40 Å². The number of nitrogens with zero attached hydrogens (tertiary/aromatic N) is 1. The fourth-order valence-electron chi connectivity index (χ4n) is 1.60. The lowest BCUT2D eigenvalue weighted by molar-refractivity contribution is 0.203. The van der Waals surface area contributed by atoms with E-state index in [2.05, 4.69) is 4.40 Å². The molecule has 15 heavy (non-hydrogen) atoms. The van der Waals surface area contributed by atoms with Crippen LogP contribution in [-0.4, -0.2) is 25.3 Å². The first-order chi connectivity index (χ1) is 7.00. The Morgan fingerprint density at radius 3 is 2.73 bits per heavy atom. The lowest BCUT2D eigenvalue weighted by Gasteiger charge is -2.03. The Morgan fingerprint density at radius 1 is 1.40 bits per heavy atom. The van der Waals surface area contributed by atoms with Gasteiger partial charge in [0.15, 0.2) is 0 Å². The third-order valence-corrected chi connectivity index (χ3v) is 3.57. The number of aliphatic hydroxyl groups excluding tert-OH is 1. The Hall–Kier alpha value is -1.20. The van der Waals surface area contributed by atoms with Gasteiger partial charge in [-0.1, -0.05) is 18.2 Å². The van der Waals surface area contributed by atoms with Crippen LogP contribution < -0.4 is 0 Å². The van der Waals surface area contributed by atoms with Gasteiger partial charge in [0.25, 0.3) is 10.0 Å². The van der Waals surface area contributed by atoms with Crippen molar-refractivity contribution in [2.45, 2.75) is 24.3 Å². The maximum Gasteiger partial charge on any atom is 0.283 e. The van der Waals surface area contributed by atoms with Crippen LogP contribution in [0.1, 0.15) is 18.9 Å². The van der Waals surface area contributed by atoms with E-state index in [1.807, 2.05) is 0 Å². The average Bonchev–Trinajstić information content (AvgIpc) is 2.39. The van der Waals surface area contributed by atoms with Gasteiger partial charge in [0.1, 0.15) is 0 Å². The molecule has 0 radical (unpaired) electrons. The van der Waals surface area contributed by atoms with E-state index in [-0.39, 0.29) is 11.3 Å². The molecule has 4 nitrogen and oxygen atoms in total. The first kappa shape index (κ1) is 10.3. The Morgan fingerprint density at radius 2 is 2.07 bits per heavy atom. The van der Waals surface area contributed by atoms with Gasteiger partial charge in [-0.05, 0) is 13.0 Å². The minimum atomic E-state index is -3.52. The predicted octanol–water partition coefficient (Wildman–Crippen LogP) is 0.949. The van der Waals surface area contributed by atoms with E-state index in [4.69, 9.17) is 0 Å². The maximum atomic E-state index is 11.6. The van der Waals surface area contributed by atoms with Crippen LogP contribution in [-0.2, 0) is 10.0 Å². The van der Waals surface area contributed by atoms with Crippen molar-refractivity contribution in [2.75, 3.05) is 0 Å². The maximum absolute atomic E-state index is 11.6. The second kappa shape index (κ2) is 3.43. The van der Waals surface area contributed by atoms with Crippen molar-refractivity contribution < 1.29 is 13.5 Å². The van der Waals surface area contributed by atoms with Gasteiger partial charge in [-0.3, -0.25) is 0 Å². The van der Waals surface area contributed by atoms with Crippen LogP contribution in [0.3, 0.4) is 0 Å². The van der Waals surface area contributed by atoms with Gasteiger partial charge in [-0.15, -0.1) is 0 Å². The molecule has 0 saturated carbocycles. The van der Waals surface area contributed by atoms with E-state index in [0.717, 1.165) is 0 Å². The molecule has 0 aromatic heterocycles. The topological polar surface area (TPSA) is 66.7 Å². The molecule has 1 N–H and O–H groups in total. The summed E-state index contributed by atoms with van der Waals surface area (Å²) < 4.78 is 26.8. The molecule has 1 heterocycles. The number of aliphatic hydroxyl groups is 1. The Labute approximate surface area is 88.3 Å². The van der Waals surface area contributed by atoms with Crippen molar-refractivity contribution in [3.05, 3.63) is 29.8 Å². The largest absolute Gasteiger partial charge is 0.393 e.